The van der Waals surface area contributed by atoms with Gasteiger partial charge in [0.15, 0.2) is 11.6 Å². The van der Waals surface area contributed by atoms with Crippen LogP contribution < -0.4 is 4.74 Å². The molecular formula is C19H24FN3O3. The standard InChI is InChI=1S/C19H24FN3O3/c1-19(2,3)26-18(24)23-9-5-6-15(23)17-21-11-14(22-17)12-7-8-16(25-4)13(20)10-12/h7-8,10-11,15H,5-6,9H2,1-4H3,(H,21,22)/t15-/m0/s1. The fourth-order valence-electron chi connectivity index (χ4n) is 3.08. The second-order valence-corrected chi connectivity index (χ2v) is 7.36. The quantitative estimate of drug-likeness (QED) is 0.885. The molecule has 0 spiro atoms. The van der Waals surface area contributed by atoms with Gasteiger partial charge in [0.2, 0.25) is 0 Å². The first-order chi connectivity index (χ1) is 12.3. The van der Waals surface area contributed by atoms with Gasteiger partial charge in [0.05, 0.1) is 25.0 Å². The maximum absolute atomic E-state index is 13.9. The number of methoxy groups -OCH3 is 1. The summed E-state index contributed by atoms with van der Waals surface area (Å²) in [5.41, 5.74) is 0.820. The highest BCUT2D eigenvalue weighted by molar-refractivity contribution is 5.69. The van der Waals surface area contributed by atoms with E-state index in [-0.39, 0.29) is 17.9 Å². The first-order valence-corrected chi connectivity index (χ1v) is 8.67. The summed E-state index contributed by atoms with van der Waals surface area (Å²) in [4.78, 5) is 21.8. The van der Waals surface area contributed by atoms with Crippen LogP contribution in [0.1, 0.15) is 45.5 Å². The average molecular weight is 361 g/mol. The molecular weight excluding hydrogens is 337 g/mol. The number of aromatic nitrogens is 2. The number of benzene rings is 1. The number of carbonyl (C=O) groups excluding carboxylic acids is 1. The van der Waals surface area contributed by atoms with Gasteiger partial charge in [-0.05, 0) is 51.8 Å². The van der Waals surface area contributed by atoms with Crippen LogP contribution in [0.3, 0.4) is 0 Å². The average Bonchev–Trinajstić information content (AvgIpc) is 3.22. The smallest absolute Gasteiger partial charge is 0.410 e. The minimum atomic E-state index is -0.542. The predicted molar refractivity (Wildman–Crippen MR) is 95.4 cm³/mol. The Morgan fingerprint density at radius 3 is 2.81 bits per heavy atom. The fraction of sp³-hybridized carbons (Fsp3) is 0.474. The summed E-state index contributed by atoms with van der Waals surface area (Å²) in [6.07, 6.45) is 3.01. The second-order valence-electron chi connectivity index (χ2n) is 7.36. The molecule has 2 aromatic rings. The molecule has 1 aromatic carbocycles. The van der Waals surface area contributed by atoms with Crippen LogP contribution in [0.2, 0.25) is 0 Å². The molecule has 1 saturated heterocycles. The summed E-state index contributed by atoms with van der Waals surface area (Å²) in [6.45, 7) is 6.17. The number of aromatic amines is 1. The molecule has 0 saturated carbocycles. The van der Waals surface area contributed by atoms with Crippen molar-refractivity contribution >= 4 is 6.09 Å². The van der Waals surface area contributed by atoms with Crippen molar-refractivity contribution in [2.75, 3.05) is 13.7 Å². The number of hydrogen-bond acceptors (Lipinski definition) is 4. The molecule has 1 atom stereocenters. The number of likely N-dealkylation sites (tertiary alicyclic amines) is 1. The van der Waals surface area contributed by atoms with Crippen LogP contribution in [-0.2, 0) is 4.74 Å². The van der Waals surface area contributed by atoms with Gasteiger partial charge in [0, 0.05) is 12.1 Å². The minimum absolute atomic E-state index is 0.165. The van der Waals surface area contributed by atoms with Crippen LogP contribution in [0.25, 0.3) is 11.3 Å². The molecule has 3 rings (SSSR count). The number of amides is 1. The van der Waals surface area contributed by atoms with Gasteiger partial charge in [-0.2, -0.15) is 0 Å². The number of carbonyl (C=O) groups is 1. The summed E-state index contributed by atoms with van der Waals surface area (Å²) in [5, 5.41) is 0. The highest BCUT2D eigenvalue weighted by atomic mass is 19.1. The van der Waals surface area contributed by atoms with Crippen LogP contribution in [0.15, 0.2) is 24.4 Å². The molecule has 7 heteroatoms. The summed E-state index contributed by atoms with van der Waals surface area (Å²) < 4.78 is 24.4. The highest BCUT2D eigenvalue weighted by Crippen LogP contribution is 2.33. The van der Waals surface area contributed by atoms with E-state index in [1.54, 1.807) is 23.2 Å². The maximum Gasteiger partial charge on any atom is 0.410 e. The number of nitrogens with one attached hydrogen (secondary N) is 1. The van der Waals surface area contributed by atoms with Gasteiger partial charge in [-0.25, -0.2) is 14.2 Å². The zero-order valence-electron chi connectivity index (χ0n) is 15.5. The van der Waals surface area contributed by atoms with Crippen molar-refractivity contribution in [2.45, 2.75) is 45.3 Å². The minimum Gasteiger partial charge on any atom is -0.494 e. The van der Waals surface area contributed by atoms with Crippen molar-refractivity contribution in [3.8, 4) is 17.0 Å². The van der Waals surface area contributed by atoms with E-state index in [1.165, 1.54) is 13.2 Å². The van der Waals surface area contributed by atoms with Crippen molar-refractivity contribution in [1.29, 1.82) is 0 Å². The molecule has 140 valence electrons. The van der Waals surface area contributed by atoms with E-state index < -0.39 is 11.4 Å². The SMILES string of the molecule is COc1ccc(-c2cnc([C@@H]3CCCN3C(=O)OC(C)(C)C)[nH]2)cc1F. The zero-order chi connectivity index (χ0) is 18.9. The third-order valence-corrected chi connectivity index (χ3v) is 4.25. The number of H-pyrrole nitrogens is 1. The van der Waals surface area contributed by atoms with E-state index >= 15 is 0 Å². The van der Waals surface area contributed by atoms with Crippen molar-refractivity contribution in [3.05, 3.63) is 36.0 Å². The maximum atomic E-state index is 13.9. The highest BCUT2D eigenvalue weighted by Gasteiger charge is 2.34. The van der Waals surface area contributed by atoms with Crippen LogP contribution >= 0.6 is 0 Å². The van der Waals surface area contributed by atoms with Crippen LogP contribution in [0, 0.1) is 5.82 Å². The van der Waals surface area contributed by atoms with Gasteiger partial charge in [-0.3, -0.25) is 4.90 Å². The lowest BCUT2D eigenvalue weighted by Crippen LogP contribution is -2.36. The molecule has 1 amide bonds. The largest absolute Gasteiger partial charge is 0.494 e. The second kappa shape index (κ2) is 6.97. The van der Waals surface area contributed by atoms with Gasteiger partial charge >= 0.3 is 6.09 Å². The summed E-state index contributed by atoms with van der Waals surface area (Å²) in [7, 11) is 1.43. The predicted octanol–water partition coefficient (Wildman–Crippen LogP) is 4.30. The Morgan fingerprint density at radius 1 is 1.38 bits per heavy atom. The number of imidazole rings is 1. The molecule has 0 bridgehead atoms. The Kier molecular flexibility index (Phi) is 4.89. The van der Waals surface area contributed by atoms with E-state index in [0.717, 1.165) is 12.8 Å². The third-order valence-electron chi connectivity index (χ3n) is 4.25. The Labute approximate surface area is 152 Å². The Bertz CT molecular complexity index is 798. The van der Waals surface area contributed by atoms with Crippen molar-refractivity contribution < 1.29 is 18.7 Å². The topological polar surface area (TPSA) is 67.4 Å². The van der Waals surface area contributed by atoms with E-state index in [0.29, 0.717) is 23.6 Å². The van der Waals surface area contributed by atoms with E-state index in [1.807, 2.05) is 20.8 Å². The summed E-state index contributed by atoms with van der Waals surface area (Å²) in [5.74, 6) is 0.442. The third kappa shape index (κ3) is 3.81. The first-order valence-electron chi connectivity index (χ1n) is 8.67. The van der Waals surface area contributed by atoms with E-state index in [2.05, 4.69) is 9.97 Å². The number of rotatable bonds is 3. The van der Waals surface area contributed by atoms with E-state index in [9.17, 15) is 9.18 Å². The lowest BCUT2D eigenvalue weighted by atomic mass is 10.1. The van der Waals surface area contributed by atoms with Crippen LogP contribution in [0.5, 0.6) is 5.75 Å². The number of nitrogens with zero attached hydrogens (tertiary/aromatic N) is 2. The molecule has 0 unspecified atom stereocenters. The molecule has 0 aliphatic carbocycles. The normalized spacial score (nSPS) is 17.4. The van der Waals surface area contributed by atoms with Gasteiger partial charge in [0.25, 0.3) is 0 Å². The Morgan fingerprint density at radius 2 is 2.15 bits per heavy atom. The Hall–Kier alpha value is -2.57. The molecule has 1 aliphatic heterocycles. The molecule has 1 aromatic heterocycles. The van der Waals surface area contributed by atoms with Gasteiger partial charge in [-0.15, -0.1) is 0 Å². The monoisotopic (exact) mass is 361 g/mol. The van der Waals surface area contributed by atoms with Crippen molar-refractivity contribution in [2.24, 2.45) is 0 Å². The lowest BCUT2D eigenvalue weighted by molar-refractivity contribution is 0.0218. The van der Waals surface area contributed by atoms with Crippen LogP contribution in [0.4, 0.5) is 9.18 Å². The number of halogens is 1. The van der Waals surface area contributed by atoms with Gasteiger partial charge in [-0.1, -0.05) is 0 Å². The number of ether oxygens (including phenoxy) is 2. The van der Waals surface area contributed by atoms with Gasteiger partial charge < -0.3 is 14.5 Å². The number of hydrogen-bond donors (Lipinski definition) is 1. The molecule has 1 aliphatic rings. The molecule has 0 radical (unpaired) electrons. The Balaban J connectivity index is 1.80. The molecule has 1 N–H and O–H groups in total. The van der Waals surface area contributed by atoms with Crippen molar-refractivity contribution in [1.82, 2.24) is 14.9 Å². The zero-order valence-corrected chi connectivity index (χ0v) is 15.5. The first kappa shape index (κ1) is 18.2. The van der Waals surface area contributed by atoms with Crippen molar-refractivity contribution in [3.63, 3.8) is 0 Å². The van der Waals surface area contributed by atoms with E-state index in [4.69, 9.17) is 9.47 Å². The molecule has 26 heavy (non-hydrogen) atoms. The molecule has 2 heterocycles. The van der Waals surface area contributed by atoms with Gasteiger partial charge in [0.1, 0.15) is 11.4 Å². The lowest BCUT2D eigenvalue weighted by Gasteiger charge is -2.27. The molecule has 6 nitrogen and oxygen atoms in total. The molecule has 1 fully saturated rings. The van der Waals surface area contributed by atoms with Crippen LogP contribution in [-0.4, -0.2) is 40.2 Å². The fourth-order valence-corrected chi connectivity index (χ4v) is 3.08. The summed E-state index contributed by atoms with van der Waals surface area (Å²) in [6, 6.07) is 4.57. The summed E-state index contributed by atoms with van der Waals surface area (Å²) >= 11 is 0.